The second-order valence-corrected chi connectivity index (χ2v) is 6.39. The van der Waals surface area contributed by atoms with Crippen LogP contribution in [0.15, 0.2) is 11.8 Å². The van der Waals surface area contributed by atoms with Crippen LogP contribution in [0.25, 0.3) is 10.3 Å². The largest absolute Gasteiger partial charge is 0.695 e. The van der Waals surface area contributed by atoms with Gasteiger partial charge in [0.2, 0.25) is 0 Å². The predicted octanol–water partition coefficient (Wildman–Crippen LogP) is 1.30. The van der Waals surface area contributed by atoms with Gasteiger partial charge in [-0.2, -0.15) is 0 Å². The highest BCUT2D eigenvalue weighted by molar-refractivity contribution is 7.32. The SMILES string of the molecule is O=[P+](O)O[C@H]1C[C@H](Nc2ncnc3scnc23)C[C@@H]1CO. The van der Waals surface area contributed by atoms with Crippen molar-refractivity contribution < 1.29 is 19.1 Å². The lowest BCUT2D eigenvalue weighted by Gasteiger charge is -2.12. The molecule has 1 aliphatic rings. The lowest BCUT2D eigenvalue weighted by atomic mass is 10.1. The van der Waals surface area contributed by atoms with Crippen LogP contribution in [-0.2, 0) is 9.09 Å². The van der Waals surface area contributed by atoms with Crippen molar-refractivity contribution in [3.8, 4) is 0 Å². The van der Waals surface area contributed by atoms with Crippen molar-refractivity contribution >= 4 is 35.8 Å². The van der Waals surface area contributed by atoms with Gasteiger partial charge in [-0.1, -0.05) is 0 Å². The average molecular weight is 329 g/mol. The Morgan fingerprint density at radius 1 is 1.43 bits per heavy atom. The van der Waals surface area contributed by atoms with Gasteiger partial charge in [0.25, 0.3) is 0 Å². The summed E-state index contributed by atoms with van der Waals surface area (Å²) >= 11 is 1.43. The van der Waals surface area contributed by atoms with E-state index in [-0.39, 0.29) is 18.6 Å². The van der Waals surface area contributed by atoms with Crippen LogP contribution in [0.3, 0.4) is 0 Å². The zero-order valence-electron chi connectivity index (χ0n) is 10.9. The monoisotopic (exact) mass is 329 g/mol. The first-order chi connectivity index (χ1) is 10.2. The third kappa shape index (κ3) is 3.17. The summed E-state index contributed by atoms with van der Waals surface area (Å²) in [6.45, 7) is -0.0814. The molecule has 4 atom stereocenters. The minimum atomic E-state index is -2.67. The lowest BCUT2D eigenvalue weighted by Crippen LogP contribution is -2.18. The van der Waals surface area contributed by atoms with Crippen LogP contribution in [0.1, 0.15) is 12.8 Å². The van der Waals surface area contributed by atoms with Gasteiger partial charge in [0, 0.05) is 23.1 Å². The Labute approximate surface area is 125 Å². The number of fused-ring (bicyclic) bond motifs is 1. The molecule has 3 rings (SSSR count). The molecule has 0 radical (unpaired) electrons. The van der Waals surface area contributed by atoms with Gasteiger partial charge < -0.3 is 10.4 Å². The number of rotatable bonds is 5. The van der Waals surface area contributed by atoms with E-state index in [0.29, 0.717) is 24.2 Å². The van der Waals surface area contributed by atoms with Crippen molar-refractivity contribution in [1.29, 1.82) is 0 Å². The summed E-state index contributed by atoms with van der Waals surface area (Å²) in [7, 11) is -2.67. The summed E-state index contributed by atoms with van der Waals surface area (Å²) in [6.07, 6.45) is 2.21. The Morgan fingerprint density at radius 2 is 2.29 bits per heavy atom. The molecule has 2 heterocycles. The van der Waals surface area contributed by atoms with Crippen molar-refractivity contribution in [2.24, 2.45) is 5.92 Å². The second kappa shape index (κ2) is 6.25. The number of aromatic nitrogens is 3. The van der Waals surface area contributed by atoms with Crippen LogP contribution in [-0.4, -0.2) is 43.7 Å². The fourth-order valence-corrected chi connectivity index (χ4v) is 3.75. The topological polar surface area (TPSA) is 117 Å². The van der Waals surface area contributed by atoms with Crippen LogP contribution in [0.4, 0.5) is 5.82 Å². The number of aliphatic hydroxyl groups is 1. The summed E-state index contributed by atoms with van der Waals surface area (Å²) in [5.74, 6) is 0.471. The van der Waals surface area contributed by atoms with E-state index >= 15 is 0 Å². The molecule has 2 aromatic rings. The Bertz CT molecular complexity index is 654. The van der Waals surface area contributed by atoms with Crippen molar-refractivity contribution in [3.05, 3.63) is 11.8 Å². The number of anilines is 1. The molecule has 112 valence electrons. The first-order valence-electron chi connectivity index (χ1n) is 6.42. The Hall–Kier alpha value is -1.25. The van der Waals surface area contributed by atoms with Gasteiger partial charge in [-0.15, -0.1) is 20.8 Å². The van der Waals surface area contributed by atoms with E-state index in [1.807, 2.05) is 0 Å². The van der Waals surface area contributed by atoms with Crippen LogP contribution in [0.2, 0.25) is 0 Å². The third-order valence-corrected chi connectivity index (χ3v) is 4.75. The molecular formula is C11H14N4O4PS+. The zero-order valence-corrected chi connectivity index (χ0v) is 12.6. The van der Waals surface area contributed by atoms with Crippen LogP contribution in [0.5, 0.6) is 0 Å². The van der Waals surface area contributed by atoms with Crippen LogP contribution in [0, 0.1) is 5.92 Å². The lowest BCUT2D eigenvalue weighted by molar-refractivity contribution is 0.106. The summed E-state index contributed by atoms with van der Waals surface area (Å²) in [5, 5.41) is 12.6. The van der Waals surface area contributed by atoms with Crippen molar-refractivity contribution in [1.82, 2.24) is 15.0 Å². The summed E-state index contributed by atoms with van der Waals surface area (Å²) in [6, 6.07) is 0.00176. The quantitative estimate of drug-likeness (QED) is 0.703. The predicted molar refractivity (Wildman–Crippen MR) is 77.1 cm³/mol. The number of hydrogen-bond donors (Lipinski definition) is 3. The van der Waals surface area contributed by atoms with Gasteiger partial charge in [0.1, 0.15) is 22.8 Å². The molecular weight excluding hydrogens is 315 g/mol. The van der Waals surface area contributed by atoms with Gasteiger partial charge in [-0.25, -0.2) is 15.0 Å². The van der Waals surface area contributed by atoms with E-state index < -0.39 is 14.4 Å². The molecule has 0 spiro atoms. The third-order valence-electron chi connectivity index (χ3n) is 3.57. The molecule has 2 aromatic heterocycles. The molecule has 0 bridgehead atoms. The number of thiazole rings is 1. The normalized spacial score (nSPS) is 26.2. The van der Waals surface area contributed by atoms with E-state index in [2.05, 4.69) is 20.3 Å². The molecule has 1 aliphatic carbocycles. The standard InChI is InChI=1S/C11H13N4O4PS/c16-3-6-1-7(2-8(6)19-20(17)18)15-10-9-11(13-4-12-10)21-5-14-9/h4-8,16H,1-3H2,(H-,12,13,15,17,18)/p+1/t6-,7-,8+/m1/s1. The first-order valence-corrected chi connectivity index (χ1v) is 8.43. The summed E-state index contributed by atoms with van der Waals surface area (Å²) in [4.78, 5) is 22.2. The Kier molecular flexibility index (Phi) is 4.37. The minimum Gasteiger partial charge on any atom is -0.396 e. The highest BCUT2D eigenvalue weighted by atomic mass is 32.1. The summed E-state index contributed by atoms with van der Waals surface area (Å²) < 4.78 is 15.8. The Balaban J connectivity index is 1.74. The van der Waals surface area contributed by atoms with Crippen molar-refractivity contribution in [2.75, 3.05) is 11.9 Å². The average Bonchev–Trinajstić information content (AvgIpc) is 3.05. The molecule has 3 N–H and O–H groups in total. The van der Waals surface area contributed by atoms with Gasteiger partial charge >= 0.3 is 8.25 Å². The molecule has 10 heteroatoms. The van der Waals surface area contributed by atoms with Crippen molar-refractivity contribution in [2.45, 2.75) is 25.0 Å². The van der Waals surface area contributed by atoms with Gasteiger partial charge in [0.05, 0.1) is 5.51 Å². The molecule has 1 saturated carbocycles. The van der Waals surface area contributed by atoms with Gasteiger partial charge in [0.15, 0.2) is 5.82 Å². The van der Waals surface area contributed by atoms with Gasteiger partial charge in [-0.3, -0.25) is 0 Å². The van der Waals surface area contributed by atoms with E-state index in [4.69, 9.17) is 9.42 Å². The van der Waals surface area contributed by atoms with E-state index in [0.717, 1.165) is 4.83 Å². The number of hydrogen-bond acceptors (Lipinski definition) is 8. The molecule has 0 aromatic carbocycles. The molecule has 0 amide bonds. The highest BCUT2D eigenvalue weighted by Gasteiger charge is 2.40. The van der Waals surface area contributed by atoms with E-state index in [9.17, 15) is 9.67 Å². The first kappa shape index (κ1) is 14.7. The zero-order chi connectivity index (χ0) is 14.8. The van der Waals surface area contributed by atoms with Crippen LogP contribution < -0.4 is 5.32 Å². The highest BCUT2D eigenvalue weighted by Crippen LogP contribution is 2.36. The molecule has 1 fully saturated rings. The number of aliphatic hydroxyl groups excluding tert-OH is 1. The maximum atomic E-state index is 10.8. The number of nitrogens with one attached hydrogen (secondary N) is 1. The van der Waals surface area contributed by atoms with E-state index in [1.165, 1.54) is 17.7 Å². The smallest absolute Gasteiger partial charge is 0.396 e. The molecule has 0 saturated heterocycles. The molecule has 1 unspecified atom stereocenters. The fourth-order valence-electron chi connectivity index (χ4n) is 2.63. The van der Waals surface area contributed by atoms with E-state index in [1.54, 1.807) is 5.51 Å². The maximum Gasteiger partial charge on any atom is 0.695 e. The molecule has 21 heavy (non-hydrogen) atoms. The van der Waals surface area contributed by atoms with Gasteiger partial charge in [-0.05, 0) is 12.8 Å². The maximum absolute atomic E-state index is 10.8. The van der Waals surface area contributed by atoms with Crippen molar-refractivity contribution in [3.63, 3.8) is 0 Å². The molecule has 0 aliphatic heterocycles. The summed E-state index contributed by atoms with van der Waals surface area (Å²) in [5.41, 5.74) is 2.42. The minimum absolute atomic E-state index is 0.00176. The van der Waals surface area contributed by atoms with Crippen LogP contribution >= 0.6 is 19.6 Å². The second-order valence-electron chi connectivity index (χ2n) is 4.87. The number of nitrogens with zero attached hydrogens (tertiary/aromatic N) is 3. The fraction of sp³-hybridized carbons (Fsp3) is 0.545. The molecule has 8 nitrogen and oxygen atoms in total. The Morgan fingerprint density at radius 3 is 3.05 bits per heavy atom.